The summed E-state index contributed by atoms with van der Waals surface area (Å²) < 4.78 is 5.86. The molecule has 2 aromatic carbocycles. The molecule has 0 N–H and O–H groups in total. The molecule has 0 radical (unpaired) electrons. The number of hydrogen-bond acceptors (Lipinski definition) is 1. The Morgan fingerprint density at radius 3 is 1.76 bits per heavy atom. The summed E-state index contributed by atoms with van der Waals surface area (Å²) in [6, 6.07) is 33.8. The van der Waals surface area contributed by atoms with Gasteiger partial charge in [0.2, 0.25) is 0 Å². The van der Waals surface area contributed by atoms with Gasteiger partial charge in [-0.05, 0) is 46.4 Å². The van der Waals surface area contributed by atoms with Crippen LogP contribution in [-0.2, 0) is 13.0 Å². The maximum atomic E-state index is 5.86. The van der Waals surface area contributed by atoms with E-state index in [0.717, 1.165) is 12.2 Å². The first kappa shape index (κ1) is 15.5. The number of ether oxygens (including phenoxy) is 1. The summed E-state index contributed by atoms with van der Waals surface area (Å²) >= 11 is 0. The Morgan fingerprint density at radius 1 is 0.520 bits per heavy atom. The summed E-state index contributed by atoms with van der Waals surface area (Å²) in [6.07, 6.45) is 0.942. The molecule has 0 unspecified atom stereocenters. The summed E-state index contributed by atoms with van der Waals surface area (Å²) in [4.78, 5) is 0. The number of hydrogen-bond donors (Lipinski definition) is 0. The first-order valence-electron chi connectivity index (χ1n) is 8.60. The van der Waals surface area contributed by atoms with Crippen LogP contribution in [0.5, 0.6) is 5.75 Å². The lowest BCUT2D eigenvalue weighted by Crippen LogP contribution is -1.95. The molecule has 0 saturated heterocycles. The van der Waals surface area contributed by atoms with Crippen molar-refractivity contribution in [3.63, 3.8) is 0 Å². The highest BCUT2D eigenvalue weighted by Gasteiger charge is 2.06. The maximum absolute atomic E-state index is 5.86. The predicted molar refractivity (Wildman–Crippen MR) is 103 cm³/mol. The van der Waals surface area contributed by atoms with Gasteiger partial charge in [0.15, 0.2) is 0 Å². The van der Waals surface area contributed by atoms with E-state index in [9.17, 15) is 0 Å². The quantitative estimate of drug-likeness (QED) is 0.440. The van der Waals surface area contributed by atoms with Gasteiger partial charge in [-0.25, -0.2) is 0 Å². The van der Waals surface area contributed by atoms with Crippen LogP contribution in [0.2, 0.25) is 0 Å². The van der Waals surface area contributed by atoms with E-state index in [1.54, 1.807) is 0 Å². The van der Waals surface area contributed by atoms with Gasteiger partial charge < -0.3 is 4.74 Å². The van der Waals surface area contributed by atoms with Crippen LogP contribution in [0.3, 0.4) is 0 Å². The highest BCUT2D eigenvalue weighted by molar-refractivity contribution is 5.68. The number of benzene rings is 2. The van der Waals surface area contributed by atoms with Crippen LogP contribution in [0.1, 0.15) is 16.7 Å². The summed E-state index contributed by atoms with van der Waals surface area (Å²) in [6.45, 7) is 0.603. The first-order valence-corrected chi connectivity index (χ1v) is 8.60. The minimum Gasteiger partial charge on any atom is -0.489 e. The molecule has 2 aliphatic rings. The Balaban J connectivity index is 1.42. The molecule has 0 spiro atoms. The van der Waals surface area contributed by atoms with Crippen molar-refractivity contribution in [1.29, 1.82) is 0 Å². The van der Waals surface area contributed by atoms with Crippen LogP contribution < -0.4 is 4.74 Å². The Morgan fingerprint density at radius 2 is 1.12 bits per heavy atom. The normalized spacial score (nSPS) is 10.7. The molecule has 1 nitrogen and oxygen atoms in total. The molecule has 0 bridgehead atoms. The molecule has 0 fully saturated rings. The third-order valence-electron chi connectivity index (χ3n) is 4.37. The van der Waals surface area contributed by atoms with Crippen LogP contribution in [0.4, 0.5) is 0 Å². The van der Waals surface area contributed by atoms with Crippen molar-refractivity contribution in [3.05, 3.63) is 114 Å². The average molecular weight is 324 g/mol. The second kappa shape index (κ2) is 7.23. The second-order valence-electron chi connectivity index (χ2n) is 6.28. The van der Waals surface area contributed by atoms with E-state index >= 15 is 0 Å². The van der Waals surface area contributed by atoms with Crippen LogP contribution in [-0.4, -0.2) is 0 Å². The van der Waals surface area contributed by atoms with E-state index in [4.69, 9.17) is 4.74 Å². The lowest BCUT2D eigenvalue weighted by molar-refractivity contribution is 0.306. The first-order chi connectivity index (χ1) is 12.4. The molecular weight excluding hydrogens is 304 g/mol. The van der Waals surface area contributed by atoms with E-state index in [2.05, 4.69) is 78.9 Å². The SMILES string of the molecule is c1ccc(COc2ccc(Cc3cc4cccccc-4c3)cc2)cc1. The highest BCUT2D eigenvalue weighted by Crippen LogP contribution is 2.26. The van der Waals surface area contributed by atoms with E-state index in [1.165, 1.54) is 27.8 Å². The predicted octanol–water partition coefficient (Wildman–Crippen LogP) is 5.96. The Hall–Kier alpha value is -3.06. The minimum absolute atomic E-state index is 0.603. The largest absolute Gasteiger partial charge is 0.489 e. The van der Waals surface area contributed by atoms with E-state index < -0.39 is 0 Å². The fourth-order valence-corrected chi connectivity index (χ4v) is 3.06. The average Bonchev–Trinajstić information content (AvgIpc) is 2.90. The molecular formula is C24H20O. The van der Waals surface area contributed by atoms with Crippen molar-refractivity contribution >= 4 is 0 Å². The fourth-order valence-electron chi connectivity index (χ4n) is 3.06. The van der Waals surface area contributed by atoms with Crippen LogP contribution in [0.25, 0.3) is 11.1 Å². The highest BCUT2D eigenvalue weighted by atomic mass is 16.5. The lowest BCUT2D eigenvalue weighted by atomic mass is 10.1. The topological polar surface area (TPSA) is 9.23 Å². The van der Waals surface area contributed by atoms with Crippen LogP contribution in [0, 0.1) is 0 Å². The van der Waals surface area contributed by atoms with Gasteiger partial charge in [-0.3, -0.25) is 0 Å². The molecule has 1 heteroatoms. The molecule has 0 aromatic heterocycles. The minimum atomic E-state index is 0.603. The van der Waals surface area contributed by atoms with Gasteiger partial charge in [0.05, 0.1) is 0 Å². The van der Waals surface area contributed by atoms with Crippen molar-refractivity contribution in [3.8, 4) is 16.9 Å². The standard InChI is InChI=1S/C24H20O/c1-3-7-20(8-4-1)18-25-24-13-11-19(12-14-24)15-21-16-22-9-5-2-6-10-23(22)17-21/h1-14,16-17H,15,18H2. The maximum Gasteiger partial charge on any atom is 0.119 e. The van der Waals surface area contributed by atoms with Crippen molar-refractivity contribution in [2.75, 3.05) is 0 Å². The van der Waals surface area contributed by atoms with Gasteiger partial charge in [0.25, 0.3) is 0 Å². The zero-order chi connectivity index (χ0) is 16.9. The molecule has 0 atom stereocenters. The van der Waals surface area contributed by atoms with E-state index in [1.807, 2.05) is 18.2 Å². The second-order valence-corrected chi connectivity index (χ2v) is 6.28. The lowest BCUT2D eigenvalue weighted by Gasteiger charge is -2.07. The zero-order valence-corrected chi connectivity index (χ0v) is 14.1. The third-order valence-corrected chi connectivity index (χ3v) is 4.37. The van der Waals surface area contributed by atoms with Crippen molar-refractivity contribution in [1.82, 2.24) is 0 Å². The van der Waals surface area contributed by atoms with Gasteiger partial charge in [-0.2, -0.15) is 0 Å². The Kier molecular flexibility index (Phi) is 4.47. The Labute approximate surface area is 148 Å². The molecule has 122 valence electrons. The smallest absolute Gasteiger partial charge is 0.119 e. The van der Waals surface area contributed by atoms with Crippen LogP contribution >= 0.6 is 0 Å². The van der Waals surface area contributed by atoms with Gasteiger partial charge >= 0.3 is 0 Å². The zero-order valence-electron chi connectivity index (χ0n) is 14.1. The van der Waals surface area contributed by atoms with Crippen molar-refractivity contribution < 1.29 is 4.74 Å². The molecule has 0 heterocycles. The summed E-state index contributed by atoms with van der Waals surface area (Å²) in [5.74, 6) is 0.910. The third kappa shape index (κ3) is 3.89. The van der Waals surface area contributed by atoms with Gasteiger partial charge in [-0.1, -0.05) is 84.9 Å². The molecule has 0 aliphatic heterocycles. The van der Waals surface area contributed by atoms with Crippen molar-refractivity contribution in [2.24, 2.45) is 0 Å². The monoisotopic (exact) mass is 324 g/mol. The van der Waals surface area contributed by atoms with Gasteiger partial charge in [-0.15, -0.1) is 0 Å². The molecule has 2 aromatic rings. The van der Waals surface area contributed by atoms with Gasteiger partial charge in [0, 0.05) is 0 Å². The molecule has 4 rings (SSSR count). The number of rotatable bonds is 5. The van der Waals surface area contributed by atoms with Crippen molar-refractivity contribution in [2.45, 2.75) is 13.0 Å². The number of fused-ring (bicyclic) bond motifs is 1. The molecule has 2 aliphatic carbocycles. The fraction of sp³-hybridized carbons (Fsp3) is 0.0833. The molecule has 25 heavy (non-hydrogen) atoms. The van der Waals surface area contributed by atoms with Crippen LogP contribution in [0.15, 0.2) is 97.1 Å². The molecule has 0 amide bonds. The van der Waals surface area contributed by atoms with Gasteiger partial charge in [0.1, 0.15) is 12.4 Å². The van der Waals surface area contributed by atoms with E-state index in [0.29, 0.717) is 6.61 Å². The Bertz CT molecular complexity index is 879. The summed E-state index contributed by atoms with van der Waals surface area (Å²) in [7, 11) is 0. The summed E-state index contributed by atoms with van der Waals surface area (Å²) in [5.41, 5.74) is 6.42. The summed E-state index contributed by atoms with van der Waals surface area (Å²) in [5, 5.41) is 0. The van der Waals surface area contributed by atoms with E-state index in [-0.39, 0.29) is 0 Å². The molecule has 0 saturated carbocycles.